The number of unbranched alkanes of at least 4 members (excludes halogenated alkanes) is 3. The number of halogens is 1. The van der Waals surface area contributed by atoms with E-state index in [0.29, 0.717) is 49.9 Å². The van der Waals surface area contributed by atoms with Crippen molar-refractivity contribution in [1.29, 1.82) is 0 Å². The van der Waals surface area contributed by atoms with Crippen molar-refractivity contribution in [2.45, 2.75) is 102 Å². The minimum absolute atomic E-state index is 0.0147. The van der Waals surface area contributed by atoms with Gasteiger partial charge in [-0.15, -0.1) is 0 Å². The lowest BCUT2D eigenvalue weighted by molar-refractivity contribution is -0.144. The van der Waals surface area contributed by atoms with Gasteiger partial charge >= 0.3 is 17.6 Å². The van der Waals surface area contributed by atoms with Gasteiger partial charge < -0.3 is 24.8 Å². The number of epoxide rings is 1. The number of nitrogens with zero attached hydrogens (tertiary/aromatic N) is 2. The zero-order valence-corrected chi connectivity index (χ0v) is 29.5. The smallest absolute Gasteiger partial charge is 0.334 e. The van der Waals surface area contributed by atoms with Gasteiger partial charge in [0, 0.05) is 31.0 Å². The molecule has 2 amide bonds. The summed E-state index contributed by atoms with van der Waals surface area (Å²) in [6, 6.07) is 8.70. The highest BCUT2D eigenvalue weighted by Gasteiger charge is 2.61. The van der Waals surface area contributed by atoms with Gasteiger partial charge in [0.1, 0.15) is 25.4 Å². The van der Waals surface area contributed by atoms with Crippen molar-refractivity contribution >= 4 is 23.8 Å². The van der Waals surface area contributed by atoms with Gasteiger partial charge in [-0.05, 0) is 56.6 Å². The van der Waals surface area contributed by atoms with E-state index in [9.17, 15) is 33.2 Å². The van der Waals surface area contributed by atoms with E-state index >= 15 is 0 Å². The van der Waals surface area contributed by atoms with Crippen molar-refractivity contribution in [2.75, 3.05) is 19.7 Å². The average molecular weight is 723 g/mol. The summed E-state index contributed by atoms with van der Waals surface area (Å²) in [5, 5.41) is 5.51. The molecule has 2 fully saturated rings. The third kappa shape index (κ3) is 10.1. The van der Waals surface area contributed by atoms with Crippen LogP contribution in [0.4, 0.5) is 4.39 Å². The highest BCUT2D eigenvalue weighted by molar-refractivity contribution is 5.91. The Bertz CT molecular complexity index is 1800. The number of amides is 2. The van der Waals surface area contributed by atoms with E-state index in [4.69, 9.17) is 14.2 Å². The number of aromatic nitrogens is 2. The molecule has 4 atom stereocenters. The van der Waals surface area contributed by atoms with Gasteiger partial charge in [-0.25, -0.2) is 9.59 Å². The van der Waals surface area contributed by atoms with Crippen LogP contribution in [-0.4, -0.2) is 70.4 Å². The topological polar surface area (TPSA) is 167 Å². The third-order valence-electron chi connectivity index (χ3n) is 9.85. The van der Waals surface area contributed by atoms with E-state index < -0.39 is 35.5 Å². The first-order chi connectivity index (χ1) is 24.9. The molecule has 0 radical (unpaired) electrons. The molecule has 1 aromatic heterocycles. The summed E-state index contributed by atoms with van der Waals surface area (Å²) in [6.07, 6.45) is 8.10. The molecule has 0 unspecified atom stereocenters. The second kappa shape index (κ2) is 17.6. The molecule has 280 valence electrons. The molecule has 0 saturated carbocycles. The number of esters is 2. The summed E-state index contributed by atoms with van der Waals surface area (Å²) in [4.78, 5) is 74.3. The Labute approximate surface area is 301 Å². The molecule has 0 spiro atoms. The molecule has 3 aliphatic rings. The summed E-state index contributed by atoms with van der Waals surface area (Å²) < 4.78 is 32.9. The fourth-order valence-corrected chi connectivity index (χ4v) is 6.71. The van der Waals surface area contributed by atoms with Gasteiger partial charge in [0.25, 0.3) is 5.56 Å². The predicted octanol–water partition coefficient (Wildman–Crippen LogP) is 3.07. The molecule has 14 heteroatoms. The Morgan fingerprint density at radius 3 is 2.46 bits per heavy atom. The normalized spacial score (nSPS) is 23.3. The van der Waals surface area contributed by atoms with E-state index in [1.54, 1.807) is 30.3 Å². The first kappa shape index (κ1) is 38.4. The lowest BCUT2D eigenvalue weighted by Crippen LogP contribution is -2.43. The maximum absolute atomic E-state index is 14.3. The summed E-state index contributed by atoms with van der Waals surface area (Å²) in [7, 11) is 0. The molecule has 13 nitrogen and oxygen atoms in total. The second-order valence-corrected chi connectivity index (χ2v) is 13.8. The van der Waals surface area contributed by atoms with Crippen LogP contribution in [0.15, 0.2) is 69.9 Å². The number of carbonyl (C=O) groups excluding carboxylic acids is 4. The zero-order valence-electron chi connectivity index (χ0n) is 29.5. The number of rotatable bonds is 16. The van der Waals surface area contributed by atoms with Gasteiger partial charge in [-0.1, -0.05) is 55.8 Å². The van der Waals surface area contributed by atoms with Crippen molar-refractivity contribution < 1.29 is 37.8 Å². The number of hydrogen-bond donors (Lipinski definition) is 2. The van der Waals surface area contributed by atoms with Crippen LogP contribution >= 0.6 is 0 Å². The Kier molecular flexibility index (Phi) is 13.0. The second-order valence-electron chi connectivity index (χ2n) is 13.8. The van der Waals surface area contributed by atoms with Crippen LogP contribution in [-0.2, 0) is 46.5 Å². The largest absolute Gasteiger partial charge is 0.461 e. The molecule has 2 N–H and O–H groups in total. The van der Waals surface area contributed by atoms with E-state index in [0.717, 1.165) is 46.6 Å². The van der Waals surface area contributed by atoms with E-state index in [1.165, 1.54) is 0 Å². The van der Waals surface area contributed by atoms with Crippen LogP contribution in [0.2, 0.25) is 0 Å². The van der Waals surface area contributed by atoms with Crippen LogP contribution in [0.3, 0.4) is 0 Å². The van der Waals surface area contributed by atoms with Gasteiger partial charge in [0.05, 0.1) is 24.8 Å². The average Bonchev–Trinajstić information content (AvgIpc) is 3.72. The molecule has 2 aliphatic heterocycles. The SMILES string of the molecule is C=C1C(=O)O[C@H]2[C@H]1CC/C(COC(=O)CCC(=O)NCCCCCCNC(=O)Cn1cc(F)c(=O)n(Cc3ccccc3)c1=O)=C\CC[C@@]1(C)O[C@@H]21. The minimum Gasteiger partial charge on any atom is -0.461 e. The molecule has 52 heavy (non-hydrogen) atoms. The standard InChI is InChI=1S/C38H47FN4O9/c1-25-28-15-14-27(13-10-18-38(2)34(52-38)33(28)51-36(25)48)24-50-32(46)17-16-30(44)40-19-8-3-4-9-20-41-31(45)23-42-22-29(39)35(47)43(37(42)49)21-26-11-6-5-7-12-26/h5-7,11-13,22,28,33-34H,1,3-4,8-10,14-21,23-24H2,2H3,(H,40,44)(H,41,45)/b27-13+/t28-,33-,34-,38+/m0/s1. The fourth-order valence-electron chi connectivity index (χ4n) is 6.71. The number of allylic oxidation sites excluding steroid dienone is 1. The number of fused-ring (bicyclic) bond motifs is 3. The molecular weight excluding hydrogens is 675 g/mol. The van der Waals surface area contributed by atoms with Crippen LogP contribution in [0, 0.1) is 11.7 Å². The Morgan fingerprint density at radius 2 is 1.73 bits per heavy atom. The highest BCUT2D eigenvalue weighted by Crippen LogP contribution is 2.49. The Balaban J connectivity index is 0.917. The summed E-state index contributed by atoms with van der Waals surface area (Å²) in [5.74, 6) is -2.81. The number of ether oxygens (including phenoxy) is 3. The first-order valence-corrected chi connectivity index (χ1v) is 17.9. The maximum atomic E-state index is 14.3. The summed E-state index contributed by atoms with van der Waals surface area (Å²) in [5.41, 5.74) is -0.0891. The summed E-state index contributed by atoms with van der Waals surface area (Å²) in [6.45, 7) is 6.34. The number of nitrogens with one attached hydrogen (secondary N) is 2. The van der Waals surface area contributed by atoms with Crippen LogP contribution in [0.5, 0.6) is 0 Å². The van der Waals surface area contributed by atoms with Gasteiger partial charge in [0.15, 0.2) is 0 Å². The lowest BCUT2D eigenvalue weighted by Gasteiger charge is -2.20. The van der Waals surface area contributed by atoms with Crippen molar-refractivity contribution in [3.8, 4) is 0 Å². The Hall–Kier alpha value is -4.85. The van der Waals surface area contributed by atoms with Crippen molar-refractivity contribution in [3.63, 3.8) is 0 Å². The van der Waals surface area contributed by atoms with Gasteiger partial charge in [0.2, 0.25) is 17.6 Å². The number of benzene rings is 1. The Morgan fingerprint density at radius 1 is 1.02 bits per heavy atom. The molecule has 2 aromatic rings. The van der Waals surface area contributed by atoms with Crippen molar-refractivity contribution in [3.05, 3.63) is 92.5 Å². The molecular formula is C38H47FN4O9. The quantitative estimate of drug-likeness (QED) is 0.0871. The van der Waals surface area contributed by atoms with Crippen LogP contribution in [0.25, 0.3) is 0 Å². The zero-order chi connectivity index (χ0) is 37.3. The fraction of sp³-hybridized carbons (Fsp3) is 0.526. The lowest BCUT2D eigenvalue weighted by atomic mass is 9.84. The maximum Gasteiger partial charge on any atom is 0.334 e. The third-order valence-corrected chi connectivity index (χ3v) is 9.85. The van der Waals surface area contributed by atoms with E-state index in [1.807, 2.05) is 6.92 Å². The van der Waals surface area contributed by atoms with Gasteiger partial charge in [-0.2, -0.15) is 4.39 Å². The predicted molar refractivity (Wildman–Crippen MR) is 187 cm³/mol. The molecule has 1 aliphatic carbocycles. The van der Waals surface area contributed by atoms with Crippen molar-refractivity contribution in [1.82, 2.24) is 19.8 Å². The molecule has 2 saturated heterocycles. The summed E-state index contributed by atoms with van der Waals surface area (Å²) >= 11 is 0. The minimum atomic E-state index is -1.12. The van der Waals surface area contributed by atoms with Gasteiger partial charge in [-0.3, -0.25) is 28.3 Å². The number of hydrogen-bond acceptors (Lipinski definition) is 9. The van der Waals surface area contributed by atoms with E-state index in [2.05, 4.69) is 23.3 Å². The molecule has 0 bridgehead atoms. The molecule has 5 rings (SSSR count). The highest BCUT2D eigenvalue weighted by atomic mass is 19.1. The first-order valence-electron chi connectivity index (χ1n) is 17.9. The van der Waals surface area contributed by atoms with Crippen LogP contribution < -0.4 is 21.9 Å². The monoisotopic (exact) mass is 722 g/mol. The molecule has 1 aromatic carbocycles. The van der Waals surface area contributed by atoms with E-state index in [-0.39, 0.29) is 61.6 Å². The number of carbonyl (C=O) groups is 4. The van der Waals surface area contributed by atoms with Crippen molar-refractivity contribution in [2.24, 2.45) is 5.92 Å². The molecule has 3 heterocycles. The van der Waals surface area contributed by atoms with Crippen LogP contribution in [0.1, 0.15) is 76.7 Å².